The highest BCUT2D eigenvalue weighted by molar-refractivity contribution is 6.35. The van der Waals surface area contributed by atoms with Gasteiger partial charge in [0.25, 0.3) is 5.91 Å². The van der Waals surface area contributed by atoms with Crippen LogP contribution in [-0.2, 0) is 24.9 Å². The molecule has 2 aliphatic rings. The molecule has 1 unspecified atom stereocenters. The zero-order valence-electron chi connectivity index (χ0n) is 17.2. The second-order valence-electron chi connectivity index (χ2n) is 7.61. The summed E-state index contributed by atoms with van der Waals surface area (Å²) in [6.45, 7) is 2.23. The van der Waals surface area contributed by atoms with Gasteiger partial charge in [-0.25, -0.2) is 0 Å². The summed E-state index contributed by atoms with van der Waals surface area (Å²) in [7, 11) is 1.76. The van der Waals surface area contributed by atoms with Crippen molar-refractivity contribution in [3.8, 4) is 0 Å². The summed E-state index contributed by atoms with van der Waals surface area (Å²) in [5.74, 6) is -0.389. The van der Waals surface area contributed by atoms with Crippen LogP contribution in [0, 0.1) is 6.92 Å². The number of aromatic nitrogens is 3. The summed E-state index contributed by atoms with van der Waals surface area (Å²) in [6.07, 6.45) is 5.85. The van der Waals surface area contributed by atoms with Crippen molar-refractivity contribution in [2.75, 3.05) is 11.9 Å². The van der Waals surface area contributed by atoms with E-state index in [2.05, 4.69) is 15.4 Å². The van der Waals surface area contributed by atoms with Gasteiger partial charge in [-0.1, -0.05) is 29.3 Å². The molecule has 0 radical (unpaired) electrons. The summed E-state index contributed by atoms with van der Waals surface area (Å²) >= 11 is 12.6. The van der Waals surface area contributed by atoms with Crippen molar-refractivity contribution < 1.29 is 9.59 Å². The molecule has 2 amide bonds. The molecule has 0 bridgehead atoms. The fourth-order valence-electron chi connectivity index (χ4n) is 4.09. The standard InChI is InChI=1S/C21H22Cl2N6O2/c1-11-14(8-24)19(13-4-3-12(22)7-15(13)23)20-16(25-11)9-29(21(20)31)10-18(30)26-17-5-6-28(2)27-17/h3,5-7,13H,4,8-10,24H2,1-2H3,(H,26,27,30). The fourth-order valence-corrected chi connectivity index (χ4v) is 4.67. The van der Waals surface area contributed by atoms with Gasteiger partial charge in [0.2, 0.25) is 5.91 Å². The number of carbonyl (C=O) groups is 2. The maximum absolute atomic E-state index is 13.3. The average molecular weight is 461 g/mol. The molecule has 10 heteroatoms. The maximum Gasteiger partial charge on any atom is 0.256 e. The molecular formula is C21H22Cl2N6O2. The van der Waals surface area contributed by atoms with Crippen molar-refractivity contribution in [3.05, 3.63) is 62.6 Å². The Morgan fingerprint density at radius 2 is 2.16 bits per heavy atom. The summed E-state index contributed by atoms with van der Waals surface area (Å²) < 4.78 is 1.59. The smallest absolute Gasteiger partial charge is 0.256 e. The Morgan fingerprint density at radius 3 is 2.81 bits per heavy atom. The van der Waals surface area contributed by atoms with E-state index in [0.717, 1.165) is 16.8 Å². The minimum Gasteiger partial charge on any atom is -0.326 e. The molecule has 1 aliphatic heterocycles. The van der Waals surface area contributed by atoms with Gasteiger partial charge in [0.05, 0.1) is 17.8 Å². The van der Waals surface area contributed by atoms with Crippen LogP contribution in [0.1, 0.15) is 45.2 Å². The Morgan fingerprint density at radius 1 is 1.39 bits per heavy atom. The SMILES string of the molecule is Cc1nc2c(c(C3CC=C(Cl)C=C3Cl)c1CN)C(=O)N(CC(=O)Nc1ccn(C)n1)C2. The number of hydrogen-bond acceptors (Lipinski definition) is 5. The first-order valence-corrected chi connectivity index (χ1v) is 10.6. The summed E-state index contributed by atoms with van der Waals surface area (Å²) in [5, 5.41) is 7.95. The van der Waals surface area contributed by atoms with Gasteiger partial charge in [0.15, 0.2) is 5.82 Å². The van der Waals surface area contributed by atoms with Crippen LogP contribution in [-0.4, -0.2) is 38.0 Å². The Bertz CT molecular complexity index is 1140. The molecule has 2 aromatic rings. The number of halogens is 2. The van der Waals surface area contributed by atoms with Crippen LogP contribution in [0.5, 0.6) is 0 Å². The molecule has 1 aliphatic carbocycles. The Kier molecular flexibility index (Phi) is 5.88. The van der Waals surface area contributed by atoms with Gasteiger partial charge in [-0.2, -0.15) is 5.10 Å². The highest BCUT2D eigenvalue weighted by Crippen LogP contribution is 2.42. The van der Waals surface area contributed by atoms with E-state index in [1.807, 2.05) is 13.0 Å². The second kappa shape index (κ2) is 8.45. The fraction of sp³-hybridized carbons (Fsp3) is 0.333. The predicted molar refractivity (Wildman–Crippen MR) is 119 cm³/mol. The molecule has 162 valence electrons. The number of aryl methyl sites for hydroxylation is 2. The summed E-state index contributed by atoms with van der Waals surface area (Å²) in [4.78, 5) is 31.9. The number of amides is 2. The number of fused-ring (bicyclic) bond motifs is 1. The van der Waals surface area contributed by atoms with Crippen molar-refractivity contribution in [1.29, 1.82) is 0 Å². The second-order valence-corrected chi connectivity index (χ2v) is 8.48. The number of nitrogens with zero attached hydrogens (tertiary/aromatic N) is 4. The molecule has 3 heterocycles. The largest absolute Gasteiger partial charge is 0.326 e. The van der Waals surface area contributed by atoms with E-state index in [0.29, 0.717) is 33.6 Å². The predicted octanol–water partition coefficient (Wildman–Crippen LogP) is 2.91. The molecule has 3 N–H and O–H groups in total. The van der Waals surface area contributed by atoms with Gasteiger partial charge < -0.3 is 16.0 Å². The molecule has 0 saturated heterocycles. The van der Waals surface area contributed by atoms with Crippen LogP contribution in [0.4, 0.5) is 5.82 Å². The third-order valence-corrected chi connectivity index (χ3v) is 6.13. The lowest BCUT2D eigenvalue weighted by atomic mass is 9.84. The van der Waals surface area contributed by atoms with Gasteiger partial charge in [-0.05, 0) is 30.5 Å². The van der Waals surface area contributed by atoms with E-state index in [9.17, 15) is 9.59 Å². The van der Waals surface area contributed by atoms with Gasteiger partial charge in [0.1, 0.15) is 6.54 Å². The van der Waals surface area contributed by atoms with Crippen molar-refractivity contribution in [2.24, 2.45) is 12.8 Å². The third-order valence-electron chi connectivity index (χ3n) is 5.49. The zero-order chi connectivity index (χ0) is 22.3. The van der Waals surface area contributed by atoms with Crippen LogP contribution < -0.4 is 11.1 Å². The van der Waals surface area contributed by atoms with E-state index in [1.165, 1.54) is 4.90 Å². The third kappa shape index (κ3) is 4.11. The quantitative estimate of drug-likeness (QED) is 0.713. The Balaban J connectivity index is 1.64. The molecule has 31 heavy (non-hydrogen) atoms. The number of carbonyl (C=O) groups excluding carboxylic acids is 2. The monoisotopic (exact) mass is 460 g/mol. The van der Waals surface area contributed by atoms with Crippen molar-refractivity contribution >= 4 is 40.8 Å². The van der Waals surface area contributed by atoms with Crippen LogP contribution >= 0.6 is 23.2 Å². The Labute approximate surface area is 189 Å². The molecule has 0 spiro atoms. The number of nitrogens with one attached hydrogen (secondary N) is 1. The van der Waals surface area contributed by atoms with Crippen LogP contribution in [0.15, 0.2) is 34.5 Å². The number of pyridine rings is 1. The first-order valence-electron chi connectivity index (χ1n) is 9.82. The number of anilines is 1. The molecule has 0 aromatic carbocycles. The molecule has 0 saturated carbocycles. The van der Waals surface area contributed by atoms with Crippen molar-refractivity contribution in [3.63, 3.8) is 0 Å². The molecule has 2 aromatic heterocycles. The molecule has 0 fully saturated rings. The summed E-state index contributed by atoms with van der Waals surface area (Å²) in [5.41, 5.74) is 9.49. The number of rotatable bonds is 5. The first kappa shape index (κ1) is 21.5. The molecule has 8 nitrogen and oxygen atoms in total. The molecule has 4 rings (SSSR count). The van der Waals surface area contributed by atoms with E-state index < -0.39 is 0 Å². The molecular weight excluding hydrogens is 439 g/mol. The van der Waals surface area contributed by atoms with E-state index >= 15 is 0 Å². The lowest BCUT2D eigenvalue weighted by Crippen LogP contribution is -2.34. The number of nitrogens with two attached hydrogens (primary N) is 1. The van der Waals surface area contributed by atoms with Gasteiger partial charge >= 0.3 is 0 Å². The highest BCUT2D eigenvalue weighted by Gasteiger charge is 2.37. The number of hydrogen-bond donors (Lipinski definition) is 2. The van der Waals surface area contributed by atoms with Crippen LogP contribution in [0.2, 0.25) is 0 Å². The minimum absolute atomic E-state index is 0.109. The van der Waals surface area contributed by atoms with Crippen LogP contribution in [0.3, 0.4) is 0 Å². The minimum atomic E-state index is -0.331. The van der Waals surface area contributed by atoms with Crippen LogP contribution in [0.25, 0.3) is 0 Å². The highest BCUT2D eigenvalue weighted by atomic mass is 35.5. The lowest BCUT2D eigenvalue weighted by Gasteiger charge is -2.24. The first-order chi connectivity index (χ1) is 14.8. The normalized spacial score (nSPS) is 18.0. The van der Waals surface area contributed by atoms with E-state index in [4.69, 9.17) is 28.9 Å². The van der Waals surface area contributed by atoms with Gasteiger partial charge in [0, 0.05) is 47.5 Å². The number of allylic oxidation sites excluding steroid dienone is 4. The van der Waals surface area contributed by atoms with Gasteiger partial charge in [-0.15, -0.1) is 0 Å². The topological polar surface area (TPSA) is 106 Å². The zero-order valence-corrected chi connectivity index (χ0v) is 18.7. The lowest BCUT2D eigenvalue weighted by molar-refractivity contribution is -0.116. The van der Waals surface area contributed by atoms with Crippen molar-refractivity contribution in [2.45, 2.75) is 32.4 Å². The van der Waals surface area contributed by atoms with Crippen molar-refractivity contribution in [1.82, 2.24) is 19.7 Å². The average Bonchev–Trinajstić information content (AvgIpc) is 3.23. The van der Waals surface area contributed by atoms with E-state index in [1.54, 1.807) is 30.1 Å². The summed E-state index contributed by atoms with van der Waals surface area (Å²) in [6, 6.07) is 1.69. The Hall–Kier alpha value is -2.68. The maximum atomic E-state index is 13.3. The van der Waals surface area contributed by atoms with E-state index in [-0.39, 0.29) is 37.4 Å². The van der Waals surface area contributed by atoms with Gasteiger partial charge in [-0.3, -0.25) is 19.3 Å². The molecule has 1 atom stereocenters.